The summed E-state index contributed by atoms with van der Waals surface area (Å²) in [6.07, 6.45) is 4.13. The zero-order valence-corrected chi connectivity index (χ0v) is 43.8. The van der Waals surface area contributed by atoms with Gasteiger partial charge in [0.05, 0.1) is 0 Å². The van der Waals surface area contributed by atoms with Crippen LogP contribution in [0.15, 0.2) is 115 Å². The van der Waals surface area contributed by atoms with Gasteiger partial charge in [-0.15, -0.1) is 53.6 Å². The molecule has 0 fully saturated rings. The van der Waals surface area contributed by atoms with Gasteiger partial charge in [0.25, 0.3) is 0 Å². The van der Waals surface area contributed by atoms with E-state index in [1.165, 1.54) is 33.4 Å². The normalized spacial score (nSPS) is 14.0. The third-order valence-corrected chi connectivity index (χ3v) is 12.6. The van der Waals surface area contributed by atoms with E-state index >= 15 is 0 Å². The molecule has 0 amide bonds. The van der Waals surface area contributed by atoms with Crippen molar-refractivity contribution >= 4 is 33.2 Å². The number of hydrogen-bond donors (Lipinski definition) is 0. The Hall–Kier alpha value is -5.12. The maximum Gasteiger partial charge on any atom is 0.135 e. The predicted octanol–water partition coefficient (Wildman–Crippen LogP) is 16.0. The molecule has 2 aromatic heterocycles. The third kappa shape index (κ3) is 9.88. The Kier molecular flexibility index (Phi) is 12.5. The van der Waals surface area contributed by atoms with Crippen LogP contribution in [-0.4, -0.2) is 9.55 Å². The van der Waals surface area contributed by atoms with Gasteiger partial charge in [0, 0.05) is 50.0 Å². The summed E-state index contributed by atoms with van der Waals surface area (Å²) >= 11 is 0. The van der Waals surface area contributed by atoms with Crippen LogP contribution in [0, 0.1) is 18.8 Å². The zero-order valence-electron chi connectivity index (χ0n) is 41.5. The van der Waals surface area contributed by atoms with E-state index in [1.54, 1.807) is 0 Å². The van der Waals surface area contributed by atoms with E-state index in [1.807, 2.05) is 12.3 Å². The molecule has 0 spiro atoms. The number of hydrogen-bond acceptors (Lipinski definition) is 4. The number of allylic oxidation sites excluding steroid dienone is 1. The van der Waals surface area contributed by atoms with Crippen molar-refractivity contribution in [1.82, 2.24) is 9.55 Å². The SMILES string of the molecule is CC1=CN(c2cc(C(C)(C)C)cc(C(C)(C)C)c2)[CH-]N1c1[c-]c(Oc2[c-]c3c(cc2)c2cc(-c4ccc(C(C)(C)C)cc4)ccc2n3-c2cc(C(C)(C)C)ccn2)cc(C(C)(C)C)c1.[Pt]. The fourth-order valence-corrected chi connectivity index (χ4v) is 8.37. The summed E-state index contributed by atoms with van der Waals surface area (Å²) in [5, 5.41) is 2.23. The molecule has 5 nitrogen and oxygen atoms in total. The summed E-state index contributed by atoms with van der Waals surface area (Å²) in [5.41, 5.74) is 13.8. The second kappa shape index (κ2) is 16.9. The van der Waals surface area contributed by atoms with Crippen molar-refractivity contribution in [2.75, 3.05) is 9.80 Å². The molecule has 0 radical (unpaired) electrons. The second-order valence-corrected chi connectivity index (χ2v) is 23.0. The van der Waals surface area contributed by atoms with Crippen LogP contribution >= 0.6 is 0 Å². The maximum absolute atomic E-state index is 6.85. The van der Waals surface area contributed by atoms with Gasteiger partial charge in [0.15, 0.2) is 0 Å². The van der Waals surface area contributed by atoms with Crippen molar-refractivity contribution in [3.63, 3.8) is 0 Å². The van der Waals surface area contributed by atoms with Crippen molar-refractivity contribution in [3.05, 3.63) is 162 Å². The summed E-state index contributed by atoms with van der Waals surface area (Å²) in [6, 6.07) is 43.1. The van der Waals surface area contributed by atoms with E-state index in [0.717, 1.165) is 50.3 Å². The first kappa shape index (κ1) is 47.8. The molecule has 0 unspecified atom stereocenters. The van der Waals surface area contributed by atoms with Crippen LogP contribution in [0.3, 0.4) is 0 Å². The van der Waals surface area contributed by atoms with Gasteiger partial charge in [-0.1, -0.05) is 152 Å². The third-order valence-electron chi connectivity index (χ3n) is 12.6. The summed E-state index contributed by atoms with van der Waals surface area (Å²) in [7, 11) is 0. The molecule has 65 heavy (non-hydrogen) atoms. The molecule has 0 aliphatic carbocycles. The molecule has 0 saturated carbocycles. The summed E-state index contributed by atoms with van der Waals surface area (Å²) < 4.78 is 9.09. The van der Waals surface area contributed by atoms with Crippen LogP contribution in [0.2, 0.25) is 0 Å². The van der Waals surface area contributed by atoms with Gasteiger partial charge in [-0.3, -0.25) is 0 Å². The molecule has 6 heteroatoms. The van der Waals surface area contributed by atoms with E-state index in [4.69, 9.17) is 9.72 Å². The number of nitrogens with zero attached hydrogens (tertiary/aromatic N) is 4. The Labute approximate surface area is 404 Å². The largest absolute Gasteiger partial charge is 0.509 e. The number of fused-ring (bicyclic) bond motifs is 3. The molecule has 5 aromatic carbocycles. The Balaban J connectivity index is 0.00000630. The van der Waals surface area contributed by atoms with Gasteiger partial charge in [0.2, 0.25) is 0 Å². The van der Waals surface area contributed by atoms with E-state index in [2.05, 4.69) is 241 Å². The van der Waals surface area contributed by atoms with Crippen LogP contribution in [-0.2, 0) is 48.1 Å². The Morgan fingerprint density at radius 3 is 1.71 bits per heavy atom. The van der Waals surface area contributed by atoms with Crippen LogP contribution in [0.5, 0.6) is 11.5 Å². The van der Waals surface area contributed by atoms with E-state index in [9.17, 15) is 0 Å². The molecule has 1 aliphatic heterocycles. The molecule has 342 valence electrons. The molecule has 0 N–H and O–H groups in total. The molecule has 0 atom stereocenters. The standard InChI is InChI=1S/C59H67N4O.Pt/c1-38-36-61(46-29-43(57(8,9)10)28-44(30-46)58(11,12)13)37-62(38)47-31-45(59(14,15)16)32-49(34-47)64-48-22-23-50-51-27-40(39-17-20-41(21-18-39)55(2,3)4)19-24-52(51)63(53(50)35-48)54-33-42(25-26-60-54)56(5,6)7;/h17-33,36-37H,1-16H3;/q-3;. The first-order valence-corrected chi connectivity index (χ1v) is 22.9. The van der Waals surface area contributed by atoms with Crippen LogP contribution in [0.25, 0.3) is 38.8 Å². The molecule has 0 saturated heterocycles. The molecule has 0 bridgehead atoms. The fraction of sp³-hybridized carbons (Fsp3) is 0.356. The van der Waals surface area contributed by atoms with Crippen molar-refractivity contribution in [3.8, 4) is 28.4 Å². The van der Waals surface area contributed by atoms with Crippen LogP contribution < -0.4 is 14.5 Å². The summed E-state index contributed by atoms with van der Waals surface area (Å²) in [4.78, 5) is 9.42. The quantitative estimate of drug-likeness (QED) is 0.155. The molecule has 1 aliphatic rings. The molecule has 7 aromatic rings. The molecular formula is C59H67N4OPt-3. The van der Waals surface area contributed by atoms with Crippen molar-refractivity contribution in [1.29, 1.82) is 0 Å². The number of pyridine rings is 1. The second-order valence-electron chi connectivity index (χ2n) is 23.0. The first-order valence-electron chi connectivity index (χ1n) is 22.9. The van der Waals surface area contributed by atoms with E-state index < -0.39 is 0 Å². The molecule has 3 heterocycles. The van der Waals surface area contributed by atoms with Crippen LogP contribution in [0.1, 0.15) is 139 Å². The van der Waals surface area contributed by atoms with Gasteiger partial charge >= 0.3 is 0 Å². The first-order chi connectivity index (χ1) is 29.7. The van der Waals surface area contributed by atoms with Gasteiger partial charge in [-0.2, -0.15) is 6.07 Å². The van der Waals surface area contributed by atoms with E-state index in [0.29, 0.717) is 11.5 Å². The minimum atomic E-state index is -0.143. The minimum absolute atomic E-state index is 0. The summed E-state index contributed by atoms with van der Waals surface area (Å²) in [5.74, 6) is 2.10. The molecule has 8 rings (SSSR count). The number of ether oxygens (including phenoxy) is 1. The average molecular weight is 1040 g/mol. The van der Waals surface area contributed by atoms with E-state index in [-0.39, 0.29) is 48.1 Å². The van der Waals surface area contributed by atoms with Crippen molar-refractivity contribution in [2.24, 2.45) is 0 Å². The Morgan fingerprint density at radius 1 is 0.523 bits per heavy atom. The molecular weight excluding hydrogens is 976 g/mol. The topological polar surface area (TPSA) is 33.5 Å². The van der Waals surface area contributed by atoms with Crippen molar-refractivity contribution in [2.45, 2.75) is 138 Å². The van der Waals surface area contributed by atoms with Crippen molar-refractivity contribution < 1.29 is 25.8 Å². The number of aromatic nitrogens is 2. The summed E-state index contributed by atoms with van der Waals surface area (Å²) in [6.45, 7) is 38.3. The van der Waals surface area contributed by atoms with Gasteiger partial charge in [-0.25, -0.2) is 4.98 Å². The minimum Gasteiger partial charge on any atom is -0.509 e. The fourth-order valence-electron chi connectivity index (χ4n) is 8.37. The number of benzene rings is 5. The average Bonchev–Trinajstić information content (AvgIpc) is 3.76. The smallest absolute Gasteiger partial charge is 0.135 e. The van der Waals surface area contributed by atoms with Crippen LogP contribution in [0.4, 0.5) is 11.4 Å². The maximum atomic E-state index is 6.85. The number of anilines is 2. The Bertz CT molecular complexity index is 2890. The van der Waals surface area contributed by atoms with Gasteiger partial charge in [-0.05, 0) is 115 Å². The zero-order chi connectivity index (χ0) is 46.3. The number of rotatable bonds is 6. The Morgan fingerprint density at radius 2 is 1.11 bits per heavy atom. The predicted molar refractivity (Wildman–Crippen MR) is 271 cm³/mol. The monoisotopic (exact) mass is 1040 g/mol. The van der Waals surface area contributed by atoms with Gasteiger partial charge < -0.3 is 19.1 Å². The van der Waals surface area contributed by atoms with Gasteiger partial charge in [0.1, 0.15) is 5.82 Å².